The monoisotopic (exact) mass is 486 g/mol. The molecule has 1 unspecified atom stereocenters. The molecule has 0 amide bonds. The van der Waals surface area contributed by atoms with Crippen molar-refractivity contribution in [1.82, 2.24) is 0 Å². The first kappa shape index (κ1) is 26.4. The van der Waals surface area contributed by atoms with E-state index in [2.05, 4.69) is 4.99 Å². The number of aliphatic imine (C=N–C) groups is 1. The lowest BCUT2D eigenvalue weighted by atomic mass is 10.0. The van der Waals surface area contributed by atoms with Crippen LogP contribution in [0.2, 0.25) is 0 Å². The minimum atomic E-state index is -1.01. The summed E-state index contributed by atoms with van der Waals surface area (Å²) in [5.41, 5.74) is 14.0. The van der Waals surface area contributed by atoms with Crippen LogP contribution in [0.1, 0.15) is 31.2 Å². The van der Waals surface area contributed by atoms with E-state index in [0.29, 0.717) is 29.3 Å². The number of methoxy groups -OCH3 is 1. The first-order valence-corrected chi connectivity index (χ1v) is 12.0. The van der Waals surface area contributed by atoms with E-state index in [0.717, 1.165) is 58.8 Å². The Bertz CT molecular complexity index is 1010. The Morgan fingerprint density at radius 1 is 1.00 bits per heavy atom. The summed E-state index contributed by atoms with van der Waals surface area (Å²) in [6.07, 6.45) is 1.77. The zero-order valence-electron chi connectivity index (χ0n) is 18.5. The van der Waals surface area contributed by atoms with Gasteiger partial charge in [-0.2, -0.15) is 0 Å². The molecule has 0 aliphatic carbocycles. The quantitative estimate of drug-likeness (QED) is 0.165. The summed E-state index contributed by atoms with van der Waals surface area (Å²) in [5.74, 6) is 0.779. The van der Waals surface area contributed by atoms with Gasteiger partial charge in [0.25, 0.3) is 0 Å². The van der Waals surface area contributed by atoms with Crippen LogP contribution in [0.3, 0.4) is 0 Å². The largest absolute Gasteiger partial charge is 0.496 e. The Morgan fingerprint density at radius 3 is 2.33 bits per heavy atom. The standard InChI is InChI=1S/C23H30N6O2S2/c1-31-18-10-3-2-9-17(18)16-8-6-7-15(13-16)14-21(30)29-23(28)33-20(25)12-5-4-11-19(24)32-22(26)27/h2-3,6-10,13,21,24-25,30H,4-5,11-12,14H2,1H3,(H3,26,27)(H2,28,29). The topological polar surface area (TPSA) is 165 Å². The molecular formula is C23H30N6O2S2. The van der Waals surface area contributed by atoms with Gasteiger partial charge in [0.2, 0.25) is 0 Å². The number of para-hydroxylation sites is 1. The molecule has 1 atom stereocenters. The van der Waals surface area contributed by atoms with Gasteiger partial charge in [-0.1, -0.05) is 42.5 Å². The highest BCUT2D eigenvalue weighted by Gasteiger charge is 2.10. The maximum Gasteiger partial charge on any atom is 0.162 e. The van der Waals surface area contributed by atoms with Gasteiger partial charge >= 0.3 is 0 Å². The van der Waals surface area contributed by atoms with Crippen LogP contribution < -0.4 is 16.2 Å². The molecule has 33 heavy (non-hydrogen) atoms. The van der Waals surface area contributed by atoms with Crippen molar-refractivity contribution in [3.05, 3.63) is 54.1 Å². The fraction of sp³-hybridized carbons (Fsp3) is 0.304. The van der Waals surface area contributed by atoms with Crippen LogP contribution in [0.5, 0.6) is 5.75 Å². The summed E-state index contributed by atoms with van der Waals surface area (Å²) in [5, 5.41) is 34.0. The van der Waals surface area contributed by atoms with E-state index in [9.17, 15) is 5.11 Å². The summed E-state index contributed by atoms with van der Waals surface area (Å²) in [6.45, 7) is 0. The molecule has 2 aromatic rings. The van der Waals surface area contributed by atoms with Crippen LogP contribution >= 0.6 is 23.5 Å². The molecule has 0 fully saturated rings. The number of nitrogens with zero attached hydrogens (tertiary/aromatic N) is 1. The molecule has 10 heteroatoms. The number of ether oxygens (including phenoxy) is 1. The molecule has 0 saturated heterocycles. The zero-order valence-corrected chi connectivity index (χ0v) is 20.1. The number of unbranched alkanes of at least 4 members (excludes halogenated alkanes) is 1. The second-order valence-electron chi connectivity index (χ2n) is 7.17. The Labute approximate surface area is 202 Å². The lowest BCUT2D eigenvalue weighted by Crippen LogP contribution is -2.17. The fourth-order valence-corrected chi connectivity index (χ4v) is 4.30. The third kappa shape index (κ3) is 9.68. The van der Waals surface area contributed by atoms with Gasteiger partial charge in [0.05, 0.1) is 17.2 Å². The van der Waals surface area contributed by atoms with E-state index in [1.807, 2.05) is 48.5 Å². The van der Waals surface area contributed by atoms with Crippen LogP contribution in [0.25, 0.3) is 11.1 Å². The number of nitrogens with one attached hydrogen (secondary N) is 3. The SMILES string of the molecule is COc1ccccc1-c1cccc(CC(O)N=C(N)SC(=N)CCCCC(=N)SC(=N)N)c1. The van der Waals surface area contributed by atoms with Gasteiger partial charge in [0, 0.05) is 12.0 Å². The van der Waals surface area contributed by atoms with Crippen LogP contribution in [0.4, 0.5) is 0 Å². The fourth-order valence-electron chi connectivity index (χ4n) is 3.11. The maximum atomic E-state index is 10.4. The third-order valence-corrected chi connectivity index (χ3v) is 5.99. The van der Waals surface area contributed by atoms with E-state index >= 15 is 0 Å². The molecule has 2 rings (SSSR count). The Balaban J connectivity index is 1.85. The molecule has 176 valence electrons. The van der Waals surface area contributed by atoms with Crippen LogP contribution in [0, 0.1) is 16.2 Å². The van der Waals surface area contributed by atoms with E-state index in [1.54, 1.807) is 7.11 Å². The van der Waals surface area contributed by atoms with E-state index in [1.165, 1.54) is 0 Å². The van der Waals surface area contributed by atoms with Gasteiger partial charge in [-0.05, 0) is 66.4 Å². The number of hydrogen-bond donors (Lipinski definition) is 6. The summed E-state index contributed by atoms with van der Waals surface area (Å²) in [7, 11) is 1.64. The highest BCUT2D eigenvalue weighted by Crippen LogP contribution is 2.30. The third-order valence-electron chi connectivity index (χ3n) is 4.56. The number of rotatable bonds is 10. The predicted molar refractivity (Wildman–Crippen MR) is 141 cm³/mol. The lowest BCUT2D eigenvalue weighted by molar-refractivity contribution is 0.185. The van der Waals surface area contributed by atoms with E-state index in [4.69, 9.17) is 32.4 Å². The van der Waals surface area contributed by atoms with Crippen molar-refractivity contribution in [3.63, 3.8) is 0 Å². The first-order chi connectivity index (χ1) is 15.8. The number of amidine groups is 2. The Kier molecular flexibility index (Phi) is 10.9. The number of benzene rings is 2. The van der Waals surface area contributed by atoms with Crippen molar-refractivity contribution in [1.29, 1.82) is 16.2 Å². The van der Waals surface area contributed by atoms with Gasteiger partial charge in [0.15, 0.2) is 16.6 Å². The number of thioether (sulfide) groups is 2. The van der Waals surface area contributed by atoms with Crippen LogP contribution in [-0.2, 0) is 6.42 Å². The van der Waals surface area contributed by atoms with Crippen molar-refractivity contribution in [2.75, 3.05) is 7.11 Å². The average Bonchev–Trinajstić information content (AvgIpc) is 2.76. The van der Waals surface area contributed by atoms with Gasteiger partial charge < -0.3 is 21.3 Å². The number of aliphatic hydroxyl groups is 1. The highest BCUT2D eigenvalue weighted by atomic mass is 32.2. The minimum Gasteiger partial charge on any atom is -0.496 e. The molecule has 0 radical (unpaired) electrons. The summed E-state index contributed by atoms with van der Waals surface area (Å²) >= 11 is 1.98. The summed E-state index contributed by atoms with van der Waals surface area (Å²) in [4.78, 5) is 4.11. The van der Waals surface area contributed by atoms with E-state index in [-0.39, 0.29) is 10.3 Å². The number of aliphatic hydroxyl groups excluding tert-OH is 1. The van der Waals surface area contributed by atoms with Crippen LogP contribution in [0.15, 0.2) is 53.5 Å². The van der Waals surface area contributed by atoms with Crippen molar-refractivity contribution < 1.29 is 9.84 Å². The van der Waals surface area contributed by atoms with Crippen molar-refractivity contribution >= 4 is 43.9 Å². The number of nitrogens with two attached hydrogens (primary N) is 2. The minimum absolute atomic E-state index is 0.0858. The molecule has 0 aliphatic rings. The zero-order chi connectivity index (χ0) is 24.2. The predicted octanol–water partition coefficient (Wildman–Crippen LogP) is 4.41. The molecule has 0 heterocycles. The maximum absolute atomic E-state index is 10.4. The Morgan fingerprint density at radius 2 is 1.67 bits per heavy atom. The average molecular weight is 487 g/mol. The normalized spacial score (nSPS) is 12.2. The second kappa shape index (κ2) is 13.7. The van der Waals surface area contributed by atoms with E-state index < -0.39 is 6.23 Å². The smallest absolute Gasteiger partial charge is 0.162 e. The first-order valence-electron chi connectivity index (χ1n) is 10.4. The van der Waals surface area contributed by atoms with Crippen molar-refractivity contribution in [2.45, 2.75) is 38.3 Å². The van der Waals surface area contributed by atoms with Crippen molar-refractivity contribution in [3.8, 4) is 16.9 Å². The summed E-state index contributed by atoms with van der Waals surface area (Å²) in [6, 6.07) is 15.6. The van der Waals surface area contributed by atoms with Crippen molar-refractivity contribution in [2.24, 2.45) is 16.5 Å². The van der Waals surface area contributed by atoms with Gasteiger partial charge in [-0.25, -0.2) is 4.99 Å². The molecule has 0 spiro atoms. The summed E-state index contributed by atoms with van der Waals surface area (Å²) < 4.78 is 5.44. The highest BCUT2D eigenvalue weighted by molar-refractivity contribution is 8.26. The molecule has 0 saturated carbocycles. The molecule has 8 N–H and O–H groups in total. The lowest BCUT2D eigenvalue weighted by Gasteiger charge is -2.11. The molecule has 0 bridgehead atoms. The Hall–Kier alpha value is -2.82. The number of hydrogen-bond acceptors (Lipinski definition) is 8. The molecule has 0 aromatic heterocycles. The van der Waals surface area contributed by atoms with Gasteiger partial charge in [-0.3, -0.25) is 16.2 Å². The molecule has 0 aliphatic heterocycles. The second-order valence-corrected chi connectivity index (χ2v) is 9.43. The van der Waals surface area contributed by atoms with Crippen LogP contribution in [-0.4, -0.2) is 38.9 Å². The van der Waals surface area contributed by atoms with Gasteiger partial charge in [0.1, 0.15) is 5.75 Å². The molecule has 8 nitrogen and oxygen atoms in total. The molecular weight excluding hydrogens is 456 g/mol. The van der Waals surface area contributed by atoms with Gasteiger partial charge in [-0.15, -0.1) is 0 Å². The molecule has 2 aromatic carbocycles.